The number of likely N-dealkylation sites (N-methyl/N-ethyl adjacent to an activating group) is 1. The molecule has 3 heterocycles. The highest BCUT2D eigenvalue weighted by Gasteiger charge is 2.32. The molecule has 2 aromatic heterocycles. The Morgan fingerprint density at radius 1 is 1.65 bits per heavy atom. The summed E-state index contributed by atoms with van der Waals surface area (Å²) in [6.45, 7) is -1.55. The first-order valence-corrected chi connectivity index (χ1v) is 7.48. The third kappa shape index (κ3) is 2.84. The summed E-state index contributed by atoms with van der Waals surface area (Å²) in [6.07, 6.45) is 3.33. The Kier molecular flexibility index (Phi) is 3.23. The number of nitrogens with one attached hydrogen (secondary N) is 1. The van der Waals surface area contributed by atoms with Crippen molar-refractivity contribution < 1.29 is 8.91 Å². The van der Waals surface area contributed by atoms with E-state index in [1.54, 1.807) is 18.1 Å². The van der Waals surface area contributed by atoms with Crippen molar-refractivity contribution in [2.24, 2.45) is 5.92 Å². The maximum absolute atomic E-state index is 12.1. The maximum atomic E-state index is 12.1. The Morgan fingerprint density at radius 2 is 2.52 bits per heavy atom. The van der Waals surface area contributed by atoms with E-state index in [0.29, 0.717) is 24.4 Å². The van der Waals surface area contributed by atoms with Crippen molar-refractivity contribution >= 4 is 22.8 Å². The van der Waals surface area contributed by atoms with Crippen molar-refractivity contribution in [3.05, 3.63) is 18.6 Å². The van der Waals surface area contributed by atoms with Crippen molar-refractivity contribution in [2.45, 2.75) is 25.7 Å². The van der Waals surface area contributed by atoms with Gasteiger partial charge in [-0.2, -0.15) is 5.26 Å². The fourth-order valence-electron chi connectivity index (χ4n) is 3.03. The van der Waals surface area contributed by atoms with Gasteiger partial charge in [0.15, 0.2) is 0 Å². The summed E-state index contributed by atoms with van der Waals surface area (Å²) in [5.74, 6) is -0.253. The average molecular weight is 315 g/mol. The molecule has 120 valence electrons. The van der Waals surface area contributed by atoms with Crippen LogP contribution in [0.5, 0.6) is 0 Å². The van der Waals surface area contributed by atoms with E-state index >= 15 is 0 Å². The molecule has 0 bridgehead atoms. The van der Waals surface area contributed by atoms with Gasteiger partial charge in [-0.05, 0) is 18.4 Å². The molecule has 7 nitrogen and oxygen atoms in total. The number of carbonyl (C=O) groups excluding carboxylic acids is 1. The summed E-state index contributed by atoms with van der Waals surface area (Å²) in [4.78, 5) is 27.0. The number of aromatic nitrogens is 3. The van der Waals surface area contributed by atoms with Gasteiger partial charge in [0.2, 0.25) is 5.91 Å². The van der Waals surface area contributed by atoms with Crippen molar-refractivity contribution in [1.82, 2.24) is 19.9 Å². The van der Waals surface area contributed by atoms with Crippen LogP contribution < -0.4 is 4.90 Å². The number of rotatable bonds is 3. The molecule has 0 unspecified atom stereocenters. The zero-order valence-corrected chi connectivity index (χ0v) is 12.9. The topological polar surface area (TPSA) is 88.9 Å². The van der Waals surface area contributed by atoms with E-state index in [-0.39, 0.29) is 18.9 Å². The minimum absolute atomic E-state index is 0.204. The lowest BCUT2D eigenvalue weighted by Crippen LogP contribution is -2.52. The largest absolute Gasteiger partial charge is 0.354 e. The number of piperidine rings is 1. The summed E-state index contributed by atoms with van der Waals surface area (Å²) in [7, 11) is 1.79. The van der Waals surface area contributed by atoms with Crippen LogP contribution in [0, 0.1) is 17.2 Å². The predicted octanol–water partition coefficient (Wildman–Crippen LogP) is 1.54. The van der Waals surface area contributed by atoms with Crippen LogP contribution >= 0.6 is 0 Å². The van der Waals surface area contributed by atoms with E-state index in [1.807, 2.05) is 17.0 Å². The monoisotopic (exact) mass is 315 g/mol. The van der Waals surface area contributed by atoms with Gasteiger partial charge >= 0.3 is 0 Å². The van der Waals surface area contributed by atoms with Gasteiger partial charge in [-0.1, -0.05) is 6.85 Å². The quantitative estimate of drug-likeness (QED) is 0.928. The summed E-state index contributed by atoms with van der Waals surface area (Å²) in [6, 6.07) is 3.26. The first kappa shape index (κ1) is 11.9. The van der Waals surface area contributed by atoms with E-state index in [2.05, 4.69) is 15.0 Å². The summed E-state index contributed by atoms with van der Waals surface area (Å²) in [5, 5.41) is 9.57. The number of H-pyrrole nitrogens is 1. The Morgan fingerprint density at radius 3 is 3.30 bits per heavy atom. The van der Waals surface area contributed by atoms with Crippen LogP contribution in [0.4, 0.5) is 5.82 Å². The molecule has 1 amide bonds. The Balaban J connectivity index is 1.94. The zero-order valence-electron chi connectivity index (χ0n) is 15.9. The minimum atomic E-state index is -2.15. The number of likely N-dealkylation sites (tertiary alicyclic amines) is 1. The SMILES string of the molecule is [2H]C([2H])([2H])[C@@H]1CCN(C(=O)CC#N)C[C@@H]1N(C)c1ncnc2[nH]ccc12. The average Bonchev–Trinajstić information content (AvgIpc) is 3.08. The molecule has 0 aliphatic carbocycles. The number of nitrogens with zero attached hydrogens (tertiary/aromatic N) is 5. The molecular formula is C16H20N6O. The second-order valence-electron chi connectivity index (χ2n) is 5.69. The summed E-state index contributed by atoms with van der Waals surface area (Å²) in [5.41, 5.74) is 0.667. The standard InChI is InChI=1S/C16H20N6O/c1-11-5-8-22(14(23)3-6-17)9-13(11)21(2)16-12-4-7-18-15(12)19-10-20-16/h4,7,10-11,13H,3,5,8-9H2,1-2H3,(H,18,19,20)/t11-,13+/m1/s1/i1D3. The number of amides is 1. The van der Waals surface area contributed by atoms with Gasteiger partial charge in [0.1, 0.15) is 24.2 Å². The first-order chi connectivity index (χ1) is 12.3. The van der Waals surface area contributed by atoms with E-state index in [9.17, 15) is 4.79 Å². The van der Waals surface area contributed by atoms with Crippen LogP contribution in [0.1, 0.15) is 23.8 Å². The van der Waals surface area contributed by atoms with E-state index in [0.717, 1.165) is 5.39 Å². The van der Waals surface area contributed by atoms with Gasteiger partial charge in [0, 0.05) is 30.4 Å². The van der Waals surface area contributed by atoms with E-state index < -0.39 is 18.8 Å². The lowest BCUT2D eigenvalue weighted by molar-refractivity contribution is -0.131. The molecule has 7 heteroatoms. The van der Waals surface area contributed by atoms with Crippen LogP contribution in [0.25, 0.3) is 11.0 Å². The number of aromatic amines is 1. The van der Waals surface area contributed by atoms with Crippen LogP contribution in [0.15, 0.2) is 18.6 Å². The summed E-state index contributed by atoms with van der Waals surface area (Å²) < 4.78 is 23.7. The van der Waals surface area contributed by atoms with Crippen LogP contribution in [-0.4, -0.2) is 51.9 Å². The molecule has 1 saturated heterocycles. The third-order valence-electron chi connectivity index (χ3n) is 4.33. The number of hydrogen-bond acceptors (Lipinski definition) is 5. The molecule has 2 aromatic rings. The molecule has 1 N–H and O–H groups in total. The number of anilines is 1. The molecular weight excluding hydrogens is 292 g/mol. The van der Waals surface area contributed by atoms with E-state index in [4.69, 9.17) is 9.37 Å². The van der Waals surface area contributed by atoms with Crippen LogP contribution in [-0.2, 0) is 4.79 Å². The third-order valence-corrected chi connectivity index (χ3v) is 4.33. The molecule has 0 aromatic carbocycles. The van der Waals surface area contributed by atoms with Crippen molar-refractivity contribution in [1.29, 1.82) is 5.26 Å². The second-order valence-corrected chi connectivity index (χ2v) is 5.69. The lowest BCUT2D eigenvalue weighted by atomic mass is 9.92. The number of carbonyl (C=O) groups is 1. The molecule has 1 fully saturated rings. The Hall–Kier alpha value is -2.62. The summed E-state index contributed by atoms with van der Waals surface area (Å²) >= 11 is 0. The normalized spacial score (nSPS) is 23.7. The van der Waals surface area contributed by atoms with Gasteiger partial charge in [0.25, 0.3) is 0 Å². The molecule has 0 radical (unpaired) electrons. The number of nitriles is 1. The molecule has 0 saturated carbocycles. The highest BCUT2D eigenvalue weighted by atomic mass is 16.2. The first-order valence-electron chi connectivity index (χ1n) is 8.98. The van der Waals surface area contributed by atoms with Crippen LogP contribution in [0.2, 0.25) is 0 Å². The van der Waals surface area contributed by atoms with Crippen molar-refractivity contribution in [3.8, 4) is 6.07 Å². The molecule has 1 aliphatic rings. The van der Waals surface area contributed by atoms with Gasteiger partial charge in [0.05, 0.1) is 17.5 Å². The van der Waals surface area contributed by atoms with Crippen molar-refractivity contribution in [2.75, 3.05) is 25.0 Å². The van der Waals surface area contributed by atoms with Crippen LogP contribution in [0.3, 0.4) is 0 Å². The highest BCUT2D eigenvalue weighted by Crippen LogP contribution is 2.28. The fourth-order valence-corrected chi connectivity index (χ4v) is 3.03. The lowest BCUT2D eigenvalue weighted by Gasteiger charge is -2.42. The van der Waals surface area contributed by atoms with Gasteiger partial charge < -0.3 is 14.8 Å². The van der Waals surface area contributed by atoms with Gasteiger partial charge in [-0.3, -0.25) is 4.79 Å². The number of hydrogen-bond donors (Lipinski definition) is 1. The Bertz CT molecular complexity index is 842. The molecule has 0 spiro atoms. The predicted molar refractivity (Wildman–Crippen MR) is 86.7 cm³/mol. The number of fused-ring (bicyclic) bond motifs is 1. The molecule has 2 atom stereocenters. The van der Waals surface area contributed by atoms with Gasteiger partial charge in [-0.15, -0.1) is 0 Å². The highest BCUT2D eigenvalue weighted by molar-refractivity contribution is 5.87. The maximum Gasteiger partial charge on any atom is 0.236 e. The fraction of sp³-hybridized carbons (Fsp3) is 0.500. The minimum Gasteiger partial charge on any atom is -0.354 e. The molecule has 1 aliphatic heterocycles. The zero-order chi connectivity index (χ0) is 18.9. The molecule has 23 heavy (non-hydrogen) atoms. The van der Waals surface area contributed by atoms with Crippen molar-refractivity contribution in [3.63, 3.8) is 0 Å². The van der Waals surface area contributed by atoms with E-state index in [1.165, 1.54) is 6.33 Å². The van der Waals surface area contributed by atoms with Gasteiger partial charge in [-0.25, -0.2) is 9.97 Å². The Labute approximate surface area is 139 Å². The molecule has 3 rings (SSSR count). The second kappa shape index (κ2) is 6.24. The smallest absolute Gasteiger partial charge is 0.236 e.